The average Bonchev–Trinajstić information content (AvgIpc) is 2.35. The second-order valence-corrected chi connectivity index (χ2v) is 7.43. The molecule has 6 nitrogen and oxygen atoms in total. The molecule has 0 aromatic heterocycles. The van der Waals surface area contributed by atoms with Gasteiger partial charge in [0.05, 0.1) is 12.1 Å². The Labute approximate surface area is 109 Å². The van der Waals surface area contributed by atoms with Gasteiger partial charge in [-0.15, -0.1) is 0 Å². The minimum absolute atomic E-state index is 0.0494. The molecule has 1 aliphatic rings. The van der Waals surface area contributed by atoms with Gasteiger partial charge in [-0.3, -0.25) is 4.18 Å². The summed E-state index contributed by atoms with van der Waals surface area (Å²) in [6.45, 7) is 10.3. The molecular weight excluding hydrogens is 258 g/mol. The first kappa shape index (κ1) is 15.2. The minimum Gasteiger partial charge on any atom is -0.443 e. The van der Waals surface area contributed by atoms with E-state index in [2.05, 4.69) is 0 Å². The standard InChI is InChI=1S/C11H21NO5S/c1-8(2)11(6)7-16-18(14,15)12(11)9(13)17-10(3,4)5/h8H,7H2,1-6H3. The summed E-state index contributed by atoms with van der Waals surface area (Å²) in [5.74, 6) is -0.0812. The van der Waals surface area contributed by atoms with E-state index in [4.69, 9.17) is 8.92 Å². The van der Waals surface area contributed by atoms with Crippen molar-refractivity contribution in [2.45, 2.75) is 52.7 Å². The van der Waals surface area contributed by atoms with Crippen LogP contribution in [0, 0.1) is 5.92 Å². The molecular formula is C11H21NO5S. The number of rotatable bonds is 1. The van der Waals surface area contributed by atoms with E-state index in [0.29, 0.717) is 0 Å². The lowest BCUT2D eigenvalue weighted by Gasteiger charge is -2.35. The Morgan fingerprint density at radius 1 is 1.39 bits per heavy atom. The Balaban J connectivity index is 3.12. The molecule has 1 amide bonds. The number of hydrogen-bond donors (Lipinski definition) is 0. The highest BCUT2D eigenvalue weighted by molar-refractivity contribution is 7.85. The Hall–Kier alpha value is -0.820. The maximum atomic E-state index is 12.0. The molecule has 0 aromatic rings. The summed E-state index contributed by atoms with van der Waals surface area (Å²) in [7, 11) is -4.05. The monoisotopic (exact) mass is 279 g/mol. The third-order valence-electron chi connectivity index (χ3n) is 2.99. The lowest BCUT2D eigenvalue weighted by Crippen LogP contribution is -2.53. The Kier molecular flexibility index (Phi) is 3.71. The molecule has 106 valence electrons. The van der Waals surface area contributed by atoms with E-state index in [-0.39, 0.29) is 12.5 Å². The van der Waals surface area contributed by atoms with Crippen LogP contribution in [0.25, 0.3) is 0 Å². The predicted octanol–water partition coefficient (Wildman–Crippen LogP) is 1.91. The quantitative estimate of drug-likeness (QED) is 0.733. The van der Waals surface area contributed by atoms with Gasteiger partial charge in [0.25, 0.3) is 0 Å². The van der Waals surface area contributed by atoms with Crippen LogP contribution >= 0.6 is 0 Å². The highest BCUT2D eigenvalue weighted by atomic mass is 32.2. The van der Waals surface area contributed by atoms with Gasteiger partial charge in [-0.25, -0.2) is 4.79 Å². The molecule has 0 aliphatic carbocycles. The van der Waals surface area contributed by atoms with Gasteiger partial charge in [0.2, 0.25) is 0 Å². The summed E-state index contributed by atoms with van der Waals surface area (Å²) in [5, 5.41) is 0. The summed E-state index contributed by atoms with van der Waals surface area (Å²) in [6.07, 6.45) is -0.892. The van der Waals surface area contributed by atoms with Crippen LogP contribution in [0.4, 0.5) is 4.79 Å². The Morgan fingerprint density at radius 2 is 1.89 bits per heavy atom. The molecule has 0 saturated carbocycles. The van der Waals surface area contributed by atoms with Gasteiger partial charge < -0.3 is 4.74 Å². The second-order valence-electron chi connectivity index (χ2n) is 5.98. The number of ether oxygens (including phenoxy) is 1. The van der Waals surface area contributed by atoms with Gasteiger partial charge in [0.1, 0.15) is 5.60 Å². The van der Waals surface area contributed by atoms with E-state index in [9.17, 15) is 13.2 Å². The largest absolute Gasteiger partial charge is 0.443 e. The number of carbonyl (C=O) groups excluding carboxylic acids is 1. The molecule has 1 heterocycles. The van der Waals surface area contributed by atoms with Crippen LogP contribution in [-0.2, 0) is 19.2 Å². The molecule has 0 radical (unpaired) electrons. The third kappa shape index (κ3) is 2.77. The van der Waals surface area contributed by atoms with E-state index in [1.165, 1.54) is 0 Å². The van der Waals surface area contributed by atoms with E-state index < -0.39 is 27.5 Å². The SMILES string of the molecule is CC(C)C1(C)COS(=O)(=O)N1C(=O)OC(C)(C)C. The fraction of sp³-hybridized carbons (Fsp3) is 0.909. The van der Waals surface area contributed by atoms with Crippen LogP contribution in [0.15, 0.2) is 0 Å². The number of carbonyl (C=O) groups is 1. The van der Waals surface area contributed by atoms with Crippen molar-refractivity contribution in [1.29, 1.82) is 0 Å². The van der Waals surface area contributed by atoms with Crippen molar-refractivity contribution in [3.63, 3.8) is 0 Å². The highest BCUT2D eigenvalue weighted by Crippen LogP contribution is 2.36. The van der Waals surface area contributed by atoms with Crippen molar-refractivity contribution in [2.75, 3.05) is 6.61 Å². The number of amides is 1. The maximum absolute atomic E-state index is 12.0. The minimum atomic E-state index is -4.05. The van der Waals surface area contributed by atoms with Gasteiger partial charge in [-0.1, -0.05) is 13.8 Å². The van der Waals surface area contributed by atoms with Crippen LogP contribution in [0.5, 0.6) is 0 Å². The van der Waals surface area contributed by atoms with Crippen LogP contribution in [0.3, 0.4) is 0 Å². The predicted molar refractivity (Wildman–Crippen MR) is 66.2 cm³/mol. The summed E-state index contributed by atoms with van der Waals surface area (Å²) < 4.78 is 34.2. The zero-order valence-electron chi connectivity index (χ0n) is 11.7. The summed E-state index contributed by atoms with van der Waals surface area (Å²) in [6, 6.07) is 0. The molecule has 1 atom stereocenters. The van der Waals surface area contributed by atoms with Crippen LogP contribution in [0.1, 0.15) is 41.5 Å². The molecule has 1 rings (SSSR count). The summed E-state index contributed by atoms with van der Waals surface area (Å²) >= 11 is 0. The fourth-order valence-electron chi connectivity index (χ4n) is 1.56. The van der Waals surface area contributed by atoms with E-state index >= 15 is 0 Å². The molecule has 18 heavy (non-hydrogen) atoms. The number of nitrogens with zero attached hydrogens (tertiary/aromatic N) is 1. The zero-order chi connectivity index (χ0) is 14.4. The first-order valence-electron chi connectivity index (χ1n) is 5.83. The molecule has 1 fully saturated rings. The van der Waals surface area contributed by atoms with Crippen molar-refractivity contribution >= 4 is 16.4 Å². The fourth-order valence-corrected chi connectivity index (χ4v) is 3.05. The van der Waals surface area contributed by atoms with Crippen molar-refractivity contribution in [1.82, 2.24) is 4.31 Å². The Morgan fingerprint density at radius 3 is 2.28 bits per heavy atom. The highest BCUT2D eigenvalue weighted by Gasteiger charge is 2.54. The molecule has 0 bridgehead atoms. The van der Waals surface area contributed by atoms with Gasteiger partial charge in [-0.2, -0.15) is 12.7 Å². The average molecular weight is 279 g/mol. The topological polar surface area (TPSA) is 72.9 Å². The summed E-state index contributed by atoms with van der Waals surface area (Å²) in [4.78, 5) is 12.0. The maximum Gasteiger partial charge on any atom is 0.426 e. The van der Waals surface area contributed by atoms with Crippen molar-refractivity contribution in [3.8, 4) is 0 Å². The second kappa shape index (κ2) is 4.38. The van der Waals surface area contributed by atoms with Crippen molar-refractivity contribution in [2.24, 2.45) is 5.92 Å². The number of hydrogen-bond acceptors (Lipinski definition) is 5. The van der Waals surface area contributed by atoms with Gasteiger partial charge in [0.15, 0.2) is 0 Å². The molecule has 1 aliphatic heterocycles. The van der Waals surface area contributed by atoms with Crippen molar-refractivity contribution < 1.29 is 22.1 Å². The van der Waals surface area contributed by atoms with E-state index in [1.54, 1.807) is 27.7 Å². The normalized spacial score (nSPS) is 27.6. The first-order chi connectivity index (χ1) is 7.90. The smallest absolute Gasteiger partial charge is 0.426 e. The van der Waals surface area contributed by atoms with Crippen molar-refractivity contribution in [3.05, 3.63) is 0 Å². The van der Waals surface area contributed by atoms with E-state index in [1.807, 2.05) is 13.8 Å². The molecule has 0 N–H and O–H groups in total. The first-order valence-corrected chi connectivity index (χ1v) is 7.19. The van der Waals surface area contributed by atoms with Gasteiger partial charge in [0, 0.05) is 0 Å². The van der Waals surface area contributed by atoms with Gasteiger partial charge in [-0.05, 0) is 33.6 Å². The van der Waals surface area contributed by atoms with Crippen LogP contribution in [0.2, 0.25) is 0 Å². The van der Waals surface area contributed by atoms with Crippen LogP contribution < -0.4 is 0 Å². The Bertz CT molecular complexity index is 437. The molecule has 1 unspecified atom stereocenters. The lowest BCUT2D eigenvalue weighted by atomic mass is 9.89. The molecule has 0 spiro atoms. The molecule has 1 saturated heterocycles. The van der Waals surface area contributed by atoms with Gasteiger partial charge >= 0.3 is 16.4 Å². The van der Waals surface area contributed by atoms with Crippen LogP contribution in [-0.4, -0.2) is 36.6 Å². The third-order valence-corrected chi connectivity index (χ3v) is 4.42. The van der Waals surface area contributed by atoms with E-state index in [0.717, 1.165) is 4.31 Å². The lowest BCUT2D eigenvalue weighted by molar-refractivity contribution is 0.0207. The zero-order valence-corrected chi connectivity index (χ0v) is 12.5. The summed E-state index contributed by atoms with van der Waals surface area (Å²) in [5.41, 5.74) is -1.67. The molecule has 0 aromatic carbocycles. The molecule has 7 heteroatoms.